The van der Waals surface area contributed by atoms with Crippen LogP contribution in [0.15, 0.2) is 66.0 Å². The molecular formula is C28H32ClN3O3S. The van der Waals surface area contributed by atoms with E-state index in [4.69, 9.17) is 11.6 Å². The van der Waals surface area contributed by atoms with E-state index in [1.807, 2.05) is 44.2 Å². The van der Waals surface area contributed by atoms with Gasteiger partial charge in [-0.25, -0.2) is 12.7 Å². The van der Waals surface area contributed by atoms with Gasteiger partial charge in [0.1, 0.15) is 6.04 Å². The Kier molecular flexibility index (Phi) is 8.23. The van der Waals surface area contributed by atoms with Crippen molar-refractivity contribution >= 4 is 21.6 Å². The summed E-state index contributed by atoms with van der Waals surface area (Å²) >= 11 is 6.24. The van der Waals surface area contributed by atoms with Crippen molar-refractivity contribution < 1.29 is 8.42 Å². The molecule has 0 saturated carbocycles. The molecule has 36 heavy (non-hydrogen) atoms. The number of hydrogen-bond donors (Lipinski definition) is 0. The summed E-state index contributed by atoms with van der Waals surface area (Å²) in [6.07, 6.45) is 5.14. The molecule has 2 unspecified atom stereocenters. The minimum atomic E-state index is -3.14. The normalized spacial score (nSPS) is 17.0. The lowest BCUT2D eigenvalue weighted by Crippen LogP contribution is -2.37. The highest BCUT2D eigenvalue weighted by atomic mass is 35.5. The molecule has 1 aliphatic heterocycles. The van der Waals surface area contributed by atoms with E-state index in [2.05, 4.69) is 34.4 Å². The molecule has 1 saturated heterocycles. The van der Waals surface area contributed by atoms with E-state index < -0.39 is 16.1 Å². The number of pyridine rings is 1. The summed E-state index contributed by atoms with van der Waals surface area (Å²) < 4.78 is 25.3. The maximum Gasteiger partial charge on any atom is 0.211 e. The summed E-state index contributed by atoms with van der Waals surface area (Å²) in [5, 5.41) is 4.18. The Labute approximate surface area is 218 Å². The van der Waals surface area contributed by atoms with Crippen LogP contribution in [0.4, 0.5) is 0 Å². The second-order valence-electron chi connectivity index (χ2n) is 9.74. The van der Waals surface area contributed by atoms with Crippen LogP contribution in [-0.2, 0) is 10.0 Å². The molecule has 190 valence electrons. The smallest absolute Gasteiger partial charge is 0.211 e. The fourth-order valence-electron chi connectivity index (χ4n) is 5.23. The molecule has 8 heteroatoms. The predicted molar refractivity (Wildman–Crippen MR) is 145 cm³/mol. The fourth-order valence-corrected chi connectivity index (χ4v) is 6.33. The van der Waals surface area contributed by atoms with E-state index in [1.165, 1.54) is 11.8 Å². The second-order valence-corrected chi connectivity index (χ2v) is 12.2. The Morgan fingerprint density at radius 1 is 1.03 bits per heavy atom. The van der Waals surface area contributed by atoms with Gasteiger partial charge in [-0.15, -0.1) is 0 Å². The van der Waals surface area contributed by atoms with Crippen molar-refractivity contribution in [1.82, 2.24) is 9.29 Å². The number of sulfonamides is 1. The van der Waals surface area contributed by atoms with E-state index in [0.717, 1.165) is 40.8 Å². The Bertz CT molecular complexity index is 1320. The van der Waals surface area contributed by atoms with Crippen LogP contribution in [-0.4, -0.2) is 37.1 Å². The number of halogens is 1. The molecule has 4 rings (SSSR count). The molecule has 1 aromatic heterocycles. The molecule has 0 N–H and O–H groups in total. The highest BCUT2D eigenvalue weighted by molar-refractivity contribution is 7.88. The van der Waals surface area contributed by atoms with E-state index in [-0.39, 0.29) is 5.92 Å². The van der Waals surface area contributed by atoms with Gasteiger partial charge < -0.3 is 0 Å². The number of nitroso groups, excluding NO2 is 1. The number of benzene rings is 2. The average Bonchev–Trinajstić information content (AvgIpc) is 2.85. The number of hydrogen-bond acceptors (Lipinski definition) is 5. The van der Waals surface area contributed by atoms with Crippen LogP contribution in [0.3, 0.4) is 0 Å². The molecule has 0 bridgehead atoms. The molecule has 1 fully saturated rings. The van der Waals surface area contributed by atoms with Crippen LogP contribution < -0.4 is 0 Å². The number of nitrogens with zero attached hydrogens (tertiary/aromatic N) is 3. The largest absolute Gasteiger partial charge is 0.262 e. The van der Waals surface area contributed by atoms with Gasteiger partial charge in [0.15, 0.2) is 0 Å². The topological polar surface area (TPSA) is 79.7 Å². The molecule has 6 nitrogen and oxygen atoms in total. The minimum Gasteiger partial charge on any atom is -0.262 e. The lowest BCUT2D eigenvalue weighted by Gasteiger charge is -2.30. The molecule has 0 radical (unpaired) electrons. The molecule has 3 aromatic rings. The zero-order valence-electron chi connectivity index (χ0n) is 20.9. The number of piperidine rings is 1. The average molecular weight is 526 g/mol. The van der Waals surface area contributed by atoms with E-state index in [9.17, 15) is 13.3 Å². The molecule has 0 amide bonds. The Morgan fingerprint density at radius 2 is 1.72 bits per heavy atom. The van der Waals surface area contributed by atoms with Gasteiger partial charge in [-0.1, -0.05) is 47.1 Å². The second kappa shape index (κ2) is 11.2. The third-order valence-electron chi connectivity index (χ3n) is 7.23. The Morgan fingerprint density at radius 3 is 2.31 bits per heavy atom. The van der Waals surface area contributed by atoms with Crippen molar-refractivity contribution in [3.05, 3.63) is 104 Å². The standard InChI is InChI=1S/C28H32ClN3O3S/c1-19-16-25(29)8-9-26(19)27(18-28(31-33)24-10-13-30-20(2)17-24)23-6-4-21(5-7-23)22-11-14-32(15-12-22)36(3,34)35/h4-10,13,16-17,22,27-28H,11-12,14-15,18H2,1-3H3. The highest BCUT2D eigenvalue weighted by Gasteiger charge is 2.27. The summed E-state index contributed by atoms with van der Waals surface area (Å²) in [5.74, 6) is 0.288. The fraction of sp³-hybridized carbons (Fsp3) is 0.393. The van der Waals surface area contributed by atoms with Crippen molar-refractivity contribution in [1.29, 1.82) is 0 Å². The van der Waals surface area contributed by atoms with Crippen molar-refractivity contribution in [3.63, 3.8) is 0 Å². The van der Waals surface area contributed by atoms with E-state index in [0.29, 0.717) is 30.5 Å². The number of aryl methyl sites for hydroxylation is 2. The van der Waals surface area contributed by atoms with Gasteiger partial charge in [0.2, 0.25) is 10.0 Å². The van der Waals surface area contributed by atoms with Gasteiger partial charge in [-0.3, -0.25) is 4.98 Å². The van der Waals surface area contributed by atoms with Crippen LogP contribution in [0.25, 0.3) is 0 Å². The third kappa shape index (κ3) is 6.20. The summed E-state index contributed by atoms with van der Waals surface area (Å²) in [4.78, 5) is 16.2. The van der Waals surface area contributed by atoms with Crippen LogP contribution in [0.1, 0.15) is 70.7 Å². The van der Waals surface area contributed by atoms with E-state index in [1.54, 1.807) is 10.5 Å². The van der Waals surface area contributed by atoms with Crippen LogP contribution in [0.2, 0.25) is 5.02 Å². The van der Waals surface area contributed by atoms with Gasteiger partial charge in [0.05, 0.1) is 6.26 Å². The summed E-state index contributed by atoms with van der Waals surface area (Å²) in [6, 6.07) is 17.7. The SMILES string of the molecule is Cc1cc(C(CC(c2ccc(C3CCN(S(C)(=O)=O)CC3)cc2)c2ccc(Cl)cc2C)N=O)ccn1. The maximum atomic E-state index is 12.0. The Hall–Kier alpha value is -2.61. The van der Waals surface area contributed by atoms with Gasteiger partial charge in [0, 0.05) is 35.9 Å². The van der Waals surface area contributed by atoms with Gasteiger partial charge >= 0.3 is 0 Å². The van der Waals surface area contributed by atoms with Crippen molar-refractivity contribution in [2.24, 2.45) is 5.18 Å². The quantitative estimate of drug-likeness (QED) is 0.313. The number of rotatable bonds is 8. The molecule has 0 spiro atoms. The first-order chi connectivity index (χ1) is 17.2. The molecule has 0 aliphatic carbocycles. The zero-order valence-corrected chi connectivity index (χ0v) is 22.5. The Balaban J connectivity index is 1.62. The monoisotopic (exact) mass is 525 g/mol. The molecule has 2 heterocycles. The van der Waals surface area contributed by atoms with E-state index >= 15 is 0 Å². The van der Waals surface area contributed by atoms with Gasteiger partial charge in [-0.2, -0.15) is 4.91 Å². The first-order valence-corrected chi connectivity index (χ1v) is 14.4. The summed E-state index contributed by atoms with van der Waals surface area (Å²) in [5.41, 5.74) is 6.23. The lowest BCUT2D eigenvalue weighted by atomic mass is 9.81. The molecule has 1 aliphatic rings. The summed E-state index contributed by atoms with van der Waals surface area (Å²) in [7, 11) is -3.14. The van der Waals surface area contributed by atoms with Crippen LogP contribution in [0, 0.1) is 18.8 Å². The molecule has 2 atom stereocenters. The first-order valence-electron chi connectivity index (χ1n) is 12.2. The number of aromatic nitrogens is 1. The highest BCUT2D eigenvalue weighted by Crippen LogP contribution is 2.39. The molecule has 2 aromatic carbocycles. The zero-order chi connectivity index (χ0) is 25.9. The van der Waals surface area contributed by atoms with Gasteiger partial charge in [-0.05, 0) is 91.1 Å². The lowest BCUT2D eigenvalue weighted by molar-refractivity contribution is 0.321. The minimum absolute atomic E-state index is 0.0421. The first kappa shape index (κ1) is 26.5. The van der Waals surface area contributed by atoms with Crippen LogP contribution in [0.5, 0.6) is 0 Å². The predicted octanol–water partition coefficient (Wildman–Crippen LogP) is 6.52. The molecular weight excluding hydrogens is 494 g/mol. The summed E-state index contributed by atoms with van der Waals surface area (Å²) in [6.45, 7) is 5.05. The van der Waals surface area contributed by atoms with Crippen molar-refractivity contribution in [2.45, 2.75) is 51.0 Å². The van der Waals surface area contributed by atoms with Crippen molar-refractivity contribution in [2.75, 3.05) is 19.3 Å². The van der Waals surface area contributed by atoms with Crippen LogP contribution >= 0.6 is 11.6 Å². The van der Waals surface area contributed by atoms with Crippen molar-refractivity contribution in [3.8, 4) is 0 Å². The van der Waals surface area contributed by atoms with Gasteiger partial charge in [0.25, 0.3) is 0 Å². The third-order valence-corrected chi connectivity index (χ3v) is 8.77. The maximum absolute atomic E-state index is 12.0.